The molecule has 1 aliphatic heterocycles. The first kappa shape index (κ1) is 20.4. The van der Waals surface area contributed by atoms with Gasteiger partial charge in [0.2, 0.25) is 16.8 Å². The molecule has 0 amide bonds. The maximum Gasteiger partial charge on any atom is 0.242 e. The van der Waals surface area contributed by atoms with Crippen molar-refractivity contribution in [3.05, 3.63) is 48.0 Å². The molecule has 28 heavy (non-hydrogen) atoms. The highest BCUT2D eigenvalue weighted by Crippen LogP contribution is 2.32. The summed E-state index contributed by atoms with van der Waals surface area (Å²) >= 11 is 0. The Morgan fingerprint density at radius 2 is 1.75 bits per heavy atom. The Kier molecular flexibility index (Phi) is 6.43. The smallest absolute Gasteiger partial charge is 0.242 e. The van der Waals surface area contributed by atoms with Crippen molar-refractivity contribution in [1.82, 2.24) is 9.21 Å². The van der Waals surface area contributed by atoms with Crippen LogP contribution in [-0.2, 0) is 16.6 Å². The first-order valence-electron chi connectivity index (χ1n) is 9.16. The predicted octanol–water partition coefficient (Wildman–Crippen LogP) is 2.57. The van der Waals surface area contributed by atoms with Crippen molar-refractivity contribution in [3.8, 4) is 17.2 Å². The summed E-state index contributed by atoms with van der Waals surface area (Å²) in [6.45, 7) is 5.32. The summed E-state index contributed by atoms with van der Waals surface area (Å²) in [6, 6.07) is 12.5. The fraction of sp³-hybridized carbons (Fsp3) is 0.400. The second-order valence-corrected chi connectivity index (χ2v) is 8.82. The summed E-state index contributed by atoms with van der Waals surface area (Å²) in [7, 11) is -0.394. The van der Waals surface area contributed by atoms with Crippen molar-refractivity contribution in [1.29, 1.82) is 0 Å². The van der Waals surface area contributed by atoms with Crippen LogP contribution < -0.4 is 14.2 Å². The molecule has 0 radical (unpaired) electrons. The highest BCUT2D eigenvalue weighted by Gasteiger charge is 2.17. The molecule has 1 aliphatic rings. The van der Waals surface area contributed by atoms with Crippen LogP contribution in [0.5, 0.6) is 17.2 Å². The number of rotatable bonds is 9. The summed E-state index contributed by atoms with van der Waals surface area (Å²) in [5.74, 6) is 2.23. The van der Waals surface area contributed by atoms with Crippen LogP contribution in [0.15, 0.2) is 47.4 Å². The molecule has 8 heteroatoms. The Labute approximate surface area is 166 Å². The minimum Gasteiger partial charge on any atom is -0.492 e. The molecule has 0 N–H and O–H groups in total. The van der Waals surface area contributed by atoms with Crippen LogP contribution in [0, 0.1) is 0 Å². The lowest BCUT2D eigenvalue weighted by Gasteiger charge is -2.21. The third-order valence-corrected chi connectivity index (χ3v) is 6.40. The van der Waals surface area contributed by atoms with Crippen LogP contribution >= 0.6 is 0 Å². The zero-order valence-electron chi connectivity index (χ0n) is 16.4. The molecule has 0 atom stereocenters. The van der Waals surface area contributed by atoms with Gasteiger partial charge in [0, 0.05) is 27.2 Å². The minimum absolute atomic E-state index is 0.253. The highest BCUT2D eigenvalue weighted by atomic mass is 32.2. The second-order valence-electron chi connectivity index (χ2n) is 6.66. The van der Waals surface area contributed by atoms with Gasteiger partial charge in [-0.3, -0.25) is 4.90 Å². The van der Waals surface area contributed by atoms with E-state index in [1.54, 1.807) is 24.3 Å². The summed E-state index contributed by atoms with van der Waals surface area (Å²) in [5, 5.41) is 0. The monoisotopic (exact) mass is 406 g/mol. The van der Waals surface area contributed by atoms with Gasteiger partial charge in [-0.1, -0.05) is 13.0 Å². The number of hydrogen-bond acceptors (Lipinski definition) is 6. The molecular weight excluding hydrogens is 380 g/mol. The van der Waals surface area contributed by atoms with E-state index in [1.807, 2.05) is 18.2 Å². The molecule has 2 aromatic rings. The van der Waals surface area contributed by atoms with Crippen LogP contribution in [0.25, 0.3) is 0 Å². The molecule has 0 bridgehead atoms. The molecule has 1 heterocycles. The van der Waals surface area contributed by atoms with E-state index < -0.39 is 10.0 Å². The molecule has 152 valence electrons. The molecule has 7 nitrogen and oxygen atoms in total. The number of sulfonamides is 1. The summed E-state index contributed by atoms with van der Waals surface area (Å²) in [4.78, 5) is 2.52. The number of nitrogens with zero attached hydrogens (tertiary/aromatic N) is 2. The van der Waals surface area contributed by atoms with Crippen LogP contribution in [0.4, 0.5) is 0 Å². The molecular formula is C20H26N2O5S. The van der Waals surface area contributed by atoms with Crippen LogP contribution in [-0.4, -0.2) is 58.2 Å². The van der Waals surface area contributed by atoms with Gasteiger partial charge < -0.3 is 14.2 Å². The first-order chi connectivity index (χ1) is 13.4. The van der Waals surface area contributed by atoms with E-state index in [-0.39, 0.29) is 11.7 Å². The van der Waals surface area contributed by atoms with Crippen molar-refractivity contribution in [2.75, 3.05) is 40.6 Å². The molecule has 0 saturated carbocycles. The molecule has 0 unspecified atom stereocenters. The number of hydrogen-bond donors (Lipinski definition) is 0. The molecule has 0 aromatic heterocycles. The van der Waals surface area contributed by atoms with Gasteiger partial charge in [0.1, 0.15) is 12.4 Å². The molecule has 3 rings (SSSR count). The Balaban J connectivity index is 1.52. The van der Waals surface area contributed by atoms with Gasteiger partial charge in [-0.2, -0.15) is 0 Å². The number of likely N-dealkylation sites (N-methyl/N-ethyl adjacent to an activating group) is 1. The van der Waals surface area contributed by atoms with Crippen LogP contribution in [0.1, 0.15) is 12.5 Å². The fourth-order valence-corrected chi connectivity index (χ4v) is 3.76. The largest absolute Gasteiger partial charge is 0.492 e. The molecule has 0 spiro atoms. The van der Waals surface area contributed by atoms with Gasteiger partial charge in [0.15, 0.2) is 11.5 Å². The number of benzene rings is 2. The minimum atomic E-state index is -3.42. The third-order valence-electron chi connectivity index (χ3n) is 4.57. The lowest BCUT2D eigenvalue weighted by molar-refractivity contribution is 0.174. The van der Waals surface area contributed by atoms with Gasteiger partial charge in [0.05, 0.1) is 4.90 Å². The maximum absolute atomic E-state index is 12.1. The number of fused-ring (bicyclic) bond motifs is 1. The van der Waals surface area contributed by atoms with E-state index in [0.29, 0.717) is 12.4 Å². The van der Waals surface area contributed by atoms with E-state index >= 15 is 0 Å². The molecule has 2 aromatic carbocycles. The predicted molar refractivity (Wildman–Crippen MR) is 106 cm³/mol. The van der Waals surface area contributed by atoms with E-state index in [1.165, 1.54) is 18.4 Å². The normalized spacial score (nSPS) is 13.3. The number of ether oxygens (including phenoxy) is 3. The van der Waals surface area contributed by atoms with Crippen molar-refractivity contribution >= 4 is 10.0 Å². The highest BCUT2D eigenvalue weighted by molar-refractivity contribution is 7.89. The summed E-state index contributed by atoms with van der Waals surface area (Å²) < 4.78 is 41.9. The van der Waals surface area contributed by atoms with E-state index in [4.69, 9.17) is 14.2 Å². The first-order valence-corrected chi connectivity index (χ1v) is 10.6. The van der Waals surface area contributed by atoms with Crippen LogP contribution in [0.2, 0.25) is 0 Å². The topological polar surface area (TPSA) is 68.3 Å². The lowest BCUT2D eigenvalue weighted by atomic mass is 10.2. The second kappa shape index (κ2) is 8.81. The third kappa shape index (κ3) is 4.76. The molecule has 0 fully saturated rings. The average molecular weight is 407 g/mol. The van der Waals surface area contributed by atoms with Gasteiger partial charge in [-0.25, -0.2) is 12.7 Å². The molecule has 0 saturated heterocycles. The van der Waals surface area contributed by atoms with Gasteiger partial charge in [-0.15, -0.1) is 0 Å². The Morgan fingerprint density at radius 3 is 2.43 bits per heavy atom. The average Bonchev–Trinajstić information content (AvgIpc) is 3.15. The summed E-state index contributed by atoms with van der Waals surface area (Å²) in [6.07, 6.45) is 0. The van der Waals surface area contributed by atoms with Gasteiger partial charge in [-0.05, 0) is 48.5 Å². The zero-order valence-corrected chi connectivity index (χ0v) is 17.2. The van der Waals surface area contributed by atoms with Crippen molar-refractivity contribution in [2.45, 2.75) is 18.4 Å². The van der Waals surface area contributed by atoms with Crippen molar-refractivity contribution in [3.63, 3.8) is 0 Å². The van der Waals surface area contributed by atoms with E-state index in [0.717, 1.165) is 36.7 Å². The summed E-state index contributed by atoms with van der Waals surface area (Å²) in [5.41, 5.74) is 1.16. The SMILES string of the molecule is CCN(CCOc1ccc(S(=O)(=O)N(C)C)cc1)Cc1ccc2c(c1)OCO2. The maximum atomic E-state index is 12.1. The Morgan fingerprint density at radius 1 is 1.04 bits per heavy atom. The van der Waals surface area contributed by atoms with E-state index in [2.05, 4.69) is 11.8 Å². The van der Waals surface area contributed by atoms with E-state index in [9.17, 15) is 8.42 Å². The Hall–Kier alpha value is -2.29. The van der Waals surface area contributed by atoms with Gasteiger partial charge in [0.25, 0.3) is 0 Å². The van der Waals surface area contributed by atoms with Crippen molar-refractivity contribution < 1.29 is 22.6 Å². The fourth-order valence-electron chi connectivity index (χ4n) is 2.86. The Bertz CT molecular complexity index is 897. The standard InChI is InChI=1S/C20H26N2O5S/c1-4-22(14-16-5-10-19-20(13-16)27-15-26-19)11-12-25-17-6-8-18(9-7-17)28(23,24)21(2)3/h5-10,13H,4,11-12,14-15H2,1-3H3. The van der Waals surface area contributed by atoms with Crippen molar-refractivity contribution in [2.24, 2.45) is 0 Å². The quantitative estimate of drug-likeness (QED) is 0.638. The molecule has 0 aliphatic carbocycles. The zero-order chi connectivity index (χ0) is 20.1. The van der Waals surface area contributed by atoms with Gasteiger partial charge >= 0.3 is 0 Å². The lowest BCUT2D eigenvalue weighted by Crippen LogP contribution is -2.27. The van der Waals surface area contributed by atoms with Crippen LogP contribution in [0.3, 0.4) is 0 Å².